The van der Waals surface area contributed by atoms with Crippen LogP contribution in [0.15, 0.2) is 6.20 Å². The van der Waals surface area contributed by atoms with E-state index in [1.54, 1.807) is 0 Å². The van der Waals surface area contributed by atoms with Crippen LogP contribution in [0.1, 0.15) is 55.7 Å². The van der Waals surface area contributed by atoms with E-state index in [9.17, 15) is 4.79 Å². The molecule has 1 heterocycles. The van der Waals surface area contributed by atoms with Crippen molar-refractivity contribution in [1.29, 1.82) is 0 Å². The molecule has 5 nitrogen and oxygen atoms in total. The number of amides is 1. The highest BCUT2D eigenvalue weighted by Crippen LogP contribution is 2.48. The Kier molecular flexibility index (Phi) is 3.48. The van der Waals surface area contributed by atoms with Crippen molar-refractivity contribution in [2.75, 3.05) is 0 Å². The molecule has 3 aliphatic carbocycles. The van der Waals surface area contributed by atoms with Gasteiger partial charge >= 0.3 is 0 Å². The molecule has 3 saturated carbocycles. The maximum absolute atomic E-state index is 12.5. The van der Waals surface area contributed by atoms with Crippen LogP contribution in [0.2, 0.25) is 0 Å². The van der Waals surface area contributed by atoms with Gasteiger partial charge in [-0.05, 0) is 55.4 Å². The lowest BCUT2D eigenvalue weighted by Crippen LogP contribution is -2.44. The number of carbonyl (C=O) groups excluding carboxylic acids is 1. The summed E-state index contributed by atoms with van der Waals surface area (Å²) in [5.41, 5.74) is 8.54. The van der Waals surface area contributed by atoms with Crippen LogP contribution in [0.25, 0.3) is 0 Å². The van der Waals surface area contributed by atoms with Gasteiger partial charge in [0.1, 0.15) is 0 Å². The minimum atomic E-state index is 0.170. The summed E-state index contributed by atoms with van der Waals surface area (Å²) in [6, 6.07) is 0.338. The Morgan fingerprint density at radius 2 is 2.23 bits per heavy atom. The lowest BCUT2D eigenvalue weighted by Gasteiger charge is -2.37. The molecule has 0 spiro atoms. The van der Waals surface area contributed by atoms with Gasteiger partial charge in [0.05, 0.1) is 18.4 Å². The third-order valence-electron chi connectivity index (χ3n) is 6.31. The molecule has 4 unspecified atom stereocenters. The molecule has 0 aromatic carbocycles. The molecular formula is C17H26N4O. The van der Waals surface area contributed by atoms with E-state index in [0.29, 0.717) is 30.3 Å². The Bertz CT molecular complexity index is 577. The van der Waals surface area contributed by atoms with Crippen molar-refractivity contribution < 1.29 is 4.79 Å². The second kappa shape index (κ2) is 5.37. The Labute approximate surface area is 131 Å². The molecule has 4 atom stereocenters. The molecule has 0 radical (unpaired) electrons. The lowest BCUT2D eigenvalue weighted by molar-refractivity contribution is -0.125. The number of aryl methyl sites for hydroxylation is 1. The van der Waals surface area contributed by atoms with Crippen LogP contribution in [0.3, 0.4) is 0 Å². The number of carbonyl (C=O) groups is 1. The number of rotatable bonds is 4. The van der Waals surface area contributed by atoms with Crippen LogP contribution in [-0.2, 0) is 18.4 Å². The average Bonchev–Trinajstić information content (AvgIpc) is 2.96. The van der Waals surface area contributed by atoms with Gasteiger partial charge in [0.2, 0.25) is 5.91 Å². The van der Waals surface area contributed by atoms with Gasteiger partial charge in [-0.2, -0.15) is 5.10 Å². The molecule has 3 N–H and O–H groups in total. The number of fused-ring (bicyclic) bond motifs is 1. The zero-order chi connectivity index (χ0) is 15.3. The van der Waals surface area contributed by atoms with E-state index in [1.807, 2.05) is 17.9 Å². The highest BCUT2D eigenvalue weighted by atomic mass is 16.1. The summed E-state index contributed by atoms with van der Waals surface area (Å²) in [7, 11) is 1.97. The summed E-state index contributed by atoms with van der Waals surface area (Å²) >= 11 is 0. The molecule has 1 amide bonds. The smallest absolute Gasteiger partial charge is 0.223 e. The number of nitrogens with zero attached hydrogens (tertiary/aromatic N) is 2. The molecule has 3 fully saturated rings. The number of nitrogens with two attached hydrogens (primary N) is 1. The molecule has 1 aromatic heterocycles. The van der Waals surface area contributed by atoms with Crippen molar-refractivity contribution in [2.24, 2.45) is 30.5 Å². The van der Waals surface area contributed by atoms with E-state index in [-0.39, 0.29) is 11.8 Å². The zero-order valence-corrected chi connectivity index (χ0v) is 13.3. The predicted octanol–water partition coefficient (Wildman–Crippen LogP) is 1.68. The topological polar surface area (TPSA) is 72.9 Å². The zero-order valence-electron chi connectivity index (χ0n) is 13.3. The summed E-state index contributed by atoms with van der Waals surface area (Å²) in [5, 5.41) is 7.54. The van der Waals surface area contributed by atoms with Crippen LogP contribution in [0.4, 0.5) is 0 Å². The van der Waals surface area contributed by atoms with E-state index < -0.39 is 0 Å². The first-order valence-electron chi connectivity index (χ1n) is 8.67. The average molecular weight is 302 g/mol. The second-order valence-electron chi connectivity index (χ2n) is 7.51. The molecule has 0 bridgehead atoms. The monoisotopic (exact) mass is 302 g/mol. The van der Waals surface area contributed by atoms with E-state index in [0.717, 1.165) is 19.3 Å². The van der Waals surface area contributed by atoms with Gasteiger partial charge in [-0.3, -0.25) is 9.48 Å². The predicted molar refractivity (Wildman–Crippen MR) is 83.9 cm³/mol. The fraction of sp³-hybridized carbons (Fsp3) is 0.765. The van der Waals surface area contributed by atoms with Crippen LogP contribution in [0.5, 0.6) is 0 Å². The molecule has 22 heavy (non-hydrogen) atoms. The molecule has 3 aliphatic rings. The van der Waals surface area contributed by atoms with Crippen molar-refractivity contribution >= 4 is 5.91 Å². The summed E-state index contributed by atoms with van der Waals surface area (Å²) in [5.74, 6) is 2.33. The molecule has 5 heteroatoms. The second-order valence-corrected chi connectivity index (χ2v) is 7.51. The van der Waals surface area contributed by atoms with E-state index in [4.69, 9.17) is 5.73 Å². The van der Waals surface area contributed by atoms with Gasteiger partial charge in [-0.1, -0.05) is 6.42 Å². The van der Waals surface area contributed by atoms with Gasteiger partial charge < -0.3 is 11.1 Å². The van der Waals surface area contributed by atoms with Gasteiger partial charge in [-0.15, -0.1) is 0 Å². The van der Waals surface area contributed by atoms with E-state index in [2.05, 4.69) is 10.4 Å². The first-order valence-corrected chi connectivity index (χ1v) is 8.67. The maximum atomic E-state index is 12.5. The number of aromatic nitrogens is 2. The minimum absolute atomic E-state index is 0.170. The van der Waals surface area contributed by atoms with Crippen molar-refractivity contribution in [3.05, 3.63) is 17.5 Å². The number of hydrogen-bond donors (Lipinski definition) is 2. The SMILES string of the molecule is Cn1ncc(C2CCC2)c1CNC(=O)C1CC2CC(N)C2C1. The number of nitrogens with one attached hydrogen (secondary N) is 1. The molecular weight excluding hydrogens is 276 g/mol. The normalized spacial score (nSPS) is 33.9. The molecule has 120 valence electrons. The summed E-state index contributed by atoms with van der Waals surface area (Å²) in [4.78, 5) is 12.5. The first kappa shape index (κ1) is 14.2. The summed E-state index contributed by atoms with van der Waals surface area (Å²) < 4.78 is 1.92. The molecule has 1 aromatic rings. The van der Waals surface area contributed by atoms with Gasteiger partial charge in [0.15, 0.2) is 0 Å². The largest absolute Gasteiger partial charge is 0.350 e. The molecule has 0 aliphatic heterocycles. The van der Waals surface area contributed by atoms with Gasteiger partial charge in [-0.25, -0.2) is 0 Å². The third-order valence-corrected chi connectivity index (χ3v) is 6.31. The van der Waals surface area contributed by atoms with Crippen molar-refractivity contribution in [1.82, 2.24) is 15.1 Å². The van der Waals surface area contributed by atoms with Crippen molar-refractivity contribution in [3.63, 3.8) is 0 Å². The van der Waals surface area contributed by atoms with Crippen LogP contribution >= 0.6 is 0 Å². The van der Waals surface area contributed by atoms with Crippen LogP contribution in [0, 0.1) is 17.8 Å². The fourth-order valence-corrected chi connectivity index (χ4v) is 4.57. The van der Waals surface area contributed by atoms with E-state index >= 15 is 0 Å². The lowest BCUT2D eigenvalue weighted by atomic mass is 9.72. The Morgan fingerprint density at radius 3 is 2.86 bits per heavy atom. The highest BCUT2D eigenvalue weighted by Gasteiger charge is 2.47. The summed E-state index contributed by atoms with van der Waals surface area (Å²) in [6.07, 6.45) is 8.95. The van der Waals surface area contributed by atoms with Crippen LogP contribution < -0.4 is 11.1 Å². The molecule has 4 rings (SSSR count). The van der Waals surface area contributed by atoms with Gasteiger partial charge in [0, 0.05) is 19.0 Å². The maximum Gasteiger partial charge on any atom is 0.223 e. The standard InChI is InChI=1S/C17H26N4O/c1-21-16(14(8-20-21)10-3-2-4-10)9-19-17(22)12-5-11-7-15(18)13(11)6-12/h8,10-13,15H,2-7,9,18H2,1H3,(H,19,22). The fourth-order valence-electron chi connectivity index (χ4n) is 4.57. The Balaban J connectivity index is 1.36. The van der Waals surface area contributed by atoms with E-state index in [1.165, 1.54) is 30.5 Å². The quantitative estimate of drug-likeness (QED) is 0.888. The van der Waals surface area contributed by atoms with Gasteiger partial charge in [0.25, 0.3) is 0 Å². The Hall–Kier alpha value is -1.36. The third kappa shape index (κ3) is 2.26. The van der Waals surface area contributed by atoms with Crippen LogP contribution in [-0.4, -0.2) is 21.7 Å². The number of hydrogen-bond acceptors (Lipinski definition) is 3. The van der Waals surface area contributed by atoms with Crippen molar-refractivity contribution in [2.45, 2.75) is 57.0 Å². The summed E-state index contributed by atoms with van der Waals surface area (Å²) in [6.45, 7) is 0.610. The Morgan fingerprint density at radius 1 is 1.41 bits per heavy atom. The first-order chi connectivity index (χ1) is 10.6. The van der Waals surface area contributed by atoms with Crippen molar-refractivity contribution in [3.8, 4) is 0 Å². The molecule has 0 saturated heterocycles. The minimum Gasteiger partial charge on any atom is -0.350 e. The highest BCUT2D eigenvalue weighted by molar-refractivity contribution is 5.79.